The van der Waals surface area contributed by atoms with Crippen LogP contribution in [0, 0.1) is 6.92 Å². The highest BCUT2D eigenvalue weighted by molar-refractivity contribution is 6.84. The van der Waals surface area contributed by atoms with Gasteiger partial charge in [-0.05, 0) is 46.6 Å². The van der Waals surface area contributed by atoms with Crippen molar-refractivity contribution < 1.29 is 14.0 Å². The van der Waals surface area contributed by atoms with Gasteiger partial charge in [0.2, 0.25) is 8.32 Å². The summed E-state index contributed by atoms with van der Waals surface area (Å²) in [5.41, 5.74) is 0.0839. The van der Waals surface area contributed by atoms with Gasteiger partial charge in [-0.3, -0.25) is 0 Å². The minimum atomic E-state index is -1.81. The highest BCUT2D eigenvalue weighted by atomic mass is 28.4. The highest BCUT2D eigenvalue weighted by Crippen LogP contribution is 2.19. The number of aliphatic hydroxyl groups is 1. The summed E-state index contributed by atoms with van der Waals surface area (Å²) in [6.45, 7) is 16.7. The lowest BCUT2D eigenvalue weighted by molar-refractivity contribution is 0.0389. The van der Waals surface area contributed by atoms with Crippen LogP contribution in [-0.2, 0) is 8.85 Å². The van der Waals surface area contributed by atoms with Crippen LogP contribution >= 0.6 is 0 Å². The maximum absolute atomic E-state index is 9.05. The fourth-order valence-electron chi connectivity index (χ4n) is 1.33. The molecule has 5 heteroatoms. The molecule has 0 aliphatic heterocycles. The van der Waals surface area contributed by atoms with Crippen molar-refractivity contribution >= 4 is 16.6 Å². The summed E-state index contributed by atoms with van der Waals surface area (Å²) in [7, 11) is -3.32. The van der Waals surface area contributed by atoms with Crippen molar-refractivity contribution in [2.75, 3.05) is 6.61 Å². The zero-order valence-electron chi connectivity index (χ0n) is 10.8. The number of hydrogen-bond acceptors (Lipinski definition) is 3. The quantitative estimate of drug-likeness (QED) is 0.733. The molecule has 0 aliphatic rings. The molecule has 0 spiro atoms. The fraction of sp³-hybridized carbons (Fsp3) is 0.900. The molecular weight excluding hydrogens is 224 g/mol. The van der Waals surface area contributed by atoms with Gasteiger partial charge < -0.3 is 14.0 Å². The Kier molecular flexibility index (Phi) is 5.70. The molecule has 0 fully saturated rings. The first-order chi connectivity index (χ1) is 6.54. The van der Waals surface area contributed by atoms with E-state index in [0.29, 0.717) is 0 Å². The molecule has 0 aliphatic carbocycles. The van der Waals surface area contributed by atoms with E-state index in [1.807, 2.05) is 6.92 Å². The Labute approximate surface area is 96.1 Å². The third kappa shape index (κ3) is 7.24. The number of rotatable bonds is 6. The molecule has 0 aromatic carbocycles. The molecule has 2 atom stereocenters. The lowest BCUT2D eigenvalue weighted by Crippen LogP contribution is -2.51. The van der Waals surface area contributed by atoms with Gasteiger partial charge in [-0.1, -0.05) is 0 Å². The summed E-state index contributed by atoms with van der Waals surface area (Å²) in [6, 6.07) is 0. The molecule has 2 unspecified atom stereocenters. The van der Waals surface area contributed by atoms with E-state index in [1.54, 1.807) is 0 Å². The third-order valence-corrected chi connectivity index (χ3v) is 8.77. The molecule has 0 saturated heterocycles. The van der Waals surface area contributed by atoms with E-state index in [-0.39, 0.29) is 12.3 Å². The normalized spacial score (nSPS) is 17.6. The van der Waals surface area contributed by atoms with E-state index < -0.39 is 22.7 Å². The van der Waals surface area contributed by atoms with Crippen LogP contribution in [0.5, 0.6) is 0 Å². The predicted octanol–water partition coefficient (Wildman–Crippen LogP) is 2.18. The fourth-order valence-corrected chi connectivity index (χ4v) is 8.80. The maximum Gasteiger partial charge on any atom is 0.202 e. The van der Waals surface area contributed by atoms with Gasteiger partial charge in [0.25, 0.3) is 0 Å². The second-order valence-corrected chi connectivity index (χ2v) is 14.5. The van der Waals surface area contributed by atoms with Crippen LogP contribution in [0.2, 0.25) is 32.7 Å². The number of hydrogen-bond donors (Lipinski definition) is 1. The van der Waals surface area contributed by atoms with Gasteiger partial charge in [-0.15, -0.1) is 0 Å². The minimum Gasteiger partial charge on any atom is -0.454 e. The Morgan fingerprint density at radius 1 is 1.20 bits per heavy atom. The van der Waals surface area contributed by atoms with Gasteiger partial charge >= 0.3 is 0 Å². The average Bonchev–Trinajstić information content (AvgIpc) is 1.94. The van der Waals surface area contributed by atoms with Crippen molar-refractivity contribution in [3.05, 3.63) is 6.92 Å². The van der Waals surface area contributed by atoms with Gasteiger partial charge in [0, 0.05) is 0 Å². The molecule has 1 radical (unpaired) electrons. The minimum absolute atomic E-state index is 0.0839. The van der Waals surface area contributed by atoms with Crippen LogP contribution < -0.4 is 0 Å². The Bertz CT molecular complexity index is 188. The van der Waals surface area contributed by atoms with Gasteiger partial charge in [0.1, 0.15) is 0 Å². The van der Waals surface area contributed by atoms with Gasteiger partial charge in [0.05, 0.1) is 18.4 Å². The van der Waals surface area contributed by atoms with Crippen molar-refractivity contribution in [3.63, 3.8) is 0 Å². The molecule has 0 heterocycles. The first-order valence-corrected chi connectivity index (χ1v) is 11.8. The summed E-state index contributed by atoms with van der Waals surface area (Å²) < 4.78 is 11.7. The van der Waals surface area contributed by atoms with Gasteiger partial charge in [-0.2, -0.15) is 0 Å². The monoisotopic (exact) mass is 249 g/mol. The topological polar surface area (TPSA) is 38.7 Å². The molecule has 3 nitrogen and oxygen atoms in total. The second kappa shape index (κ2) is 5.59. The Morgan fingerprint density at radius 2 is 1.67 bits per heavy atom. The first-order valence-electron chi connectivity index (χ1n) is 5.37. The van der Waals surface area contributed by atoms with Crippen molar-refractivity contribution in [1.29, 1.82) is 0 Å². The number of ether oxygens (including phenoxy) is 1. The van der Waals surface area contributed by atoms with Crippen molar-refractivity contribution in [1.82, 2.24) is 0 Å². The highest BCUT2D eigenvalue weighted by Gasteiger charge is 2.35. The third-order valence-electron chi connectivity index (χ3n) is 2.09. The SMILES string of the molecule is [CH2]C(O)COC(C)[Si](C)(C)O[Si](C)(C)C. The van der Waals surface area contributed by atoms with E-state index in [9.17, 15) is 0 Å². The average molecular weight is 249 g/mol. The Hall–Kier alpha value is 0.314. The smallest absolute Gasteiger partial charge is 0.202 e. The zero-order chi connectivity index (χ0) is 12.3. The van der Waals surface area contributed by atoms with Crippen LogP contribution in [0.1, 0.15) is 6.92 Å². The molecule has 0 aromatic heterocycles. The van der Waals surface area contributed by atoms with Crippen LogP contribution in [0.3, 0.4) is 0 Å². The zero-order valence-corrected chi connectivity index (χ0v) is 12.8. The van der Waals surface area contributed by atoms with E-state index in [2.05, 4.69) is 39.7 Å². The first kappa shape index (κ1) is 15.3. The molecule has 0 rings (SSSR count). The maximum atomic E-state index is 9.05. The molecule has 91 valence electrons. The van der Waals surface area contributed by atoms with E-state index in [1.165, 1.54) is 0 Å². The summed E-state index contributed by atoms with van der Waals surface area (Å²) in [6.07, 6.45) is -0.649. The molecular formula is C10H25O3Si2. The van der Waals surface area contributed by atoms with Crippen molar-refractivity contribution in [3.8, 4) is 0 Å². The predicted molar refractivity (Wildman–Crippen MR) is 68.7 cm³/mol. The van der Waals surface area contributed by atoms with Gasteiger partial charge in [0.15, 0.2) is 8.32 Å². The lowest BCUT2D eigenvalue weighted by atomic mass is 10.4. The summed E-state index contributed by atoms with van der Waals surface area (Å²) in [5, 5.41) is 9.05. The summed E-state index contributed by atoms with van der Waals surface area (Å²) in [4.78, 5) is 0. The molecule has 0 bridgehead atoms. The molecule has 15 heavy (non-hydrogen) atoms. The molecule has 1 N–H and O–H groups in total. The second-order valence-electron chi connectivity index (χ2n) is 5.45. The molecule has 0 saturated carbocycles. The standard InChI is InChI=1S/C10H25O3Si2/c1-9(11)8-12-10(2)15(6,7)13-14(3,4)5/h9-11H,1,8H2,2-7H3. The van der Waals surface area contributed by atoms with Crippen LogP contribution in [0.25, 0.3) is 0 Å². The summed E-state index contributed by atoms with van der Waals surface area (Å²) in [5.74, 6) is 0. The van der Waals surface area contributed by atoms with Crippen LogP contribution in [-0.4, -0.2) is 40.2 Å². The Morgan fingerprint density at radius 3 is 2.00 bits per heavy atom. The van der Waals surface area contributed by atoms with Crippen LogP contribution in [0.15, 0.2) is 0 Å². The molecule has 0 aromatic rings. The van der Waals surface area contributed by atoms with Crippen molar-refractivity contribution in [2.24, 2.45) is 0 Å². The lowest BCUT2D eigenvalue weighted by Gasteiger charge is -2.36. The summed E-state index contributed by atoms with van der Waals surface area (Å²) >= 11 is 0. The van der Waals surface area contributed by atoms with Crippen LogP contribution in [0.4, 0.5) is 0 Å². The largest absolute Gasteiger partial charge is 0.454 e. The van der Waals surface area contributed by atoms with Gasteiger partial charge in [-0.25, -0.2) is 0 Å². The van der Waals surface area contributed by atoms with E-state index in [0.717, 1.165) is 0 Å². The van der Waals surface area contributed by atoms with E-state index >= 15 is 0 Å². The molecule has 0 amide bonds. The number of aliphatic hydroxyl groups excluding tert-OH is 1. The van der Waals surface area contributed by atoms with E-state index in [4.69, 9.17) is 14.0 Å². The Balaban J connectivity index is 4.19. The van der Waals surface area contributed by atoms with Crippen molar-refractivity contribution in [2.45, 2.75) is 51.5 Å².